The van der Waals surface area contributed by atoms with Crippen LogP contribution in [0.25, 0.3) is 11.1 Å². The van der Waals surface area contributed by atoms with Crippen LogP contribution in [0.4, 0.5) is 16.3 Å². The zero-order chi connectivity index (χ0) is 21.1. The number of benzene rings is 2. The average Bonchev–Trinajstić information content (AvgIpc) is 3.18. The molecule has 3 aromatic rings. The van der Waals surface area contributed by atoms with Crippen LogP contribution in [0.1, 0.15) is 30.5 Å². The van der Waals surface area contributed by atoms with Crippen molar-refractivity contribution >= 4 is 34.9 Å². The third-order valence-corrected chi connectivity index (χ3v) is 5.37. The maximum atomic E-state index is 11.7. The number of carbonyl (C=O) groups excluding carboxylic acids is 1. The molecule has 1 amide bonds. The van der Waals surface area contributed by atoms with Gasteiger partial charge in [0.05, 0.1) is 12.3 Å². The molecule has 0 bridgehead atoms. The monoisotopic (exact) mass is 419 g/mol. The summed E-state index contributed by atoms with van der Waals surface area (Å²) in [7, 11) is 0. The summed E-state index contributed by atoms with van der Waals surface area (Å²) < 4.78 is 4.94. The van der Waals surface area contributed by atoms with Gasteiger partial charge < -0.3 is 4.74 Å². The number of pyridine rings is 1. The summed E-state index contributed by atoms with van der Waals surface area (Å²) in [6, 6.07) is 16.0. The fourth-order valence-electron chi connectivity index (χ4n) is 3.44. The van der Waals surface area contributed by atoms with Gasteiger partial charge in [0.15, 0.2) is 5.82 Å². The molecular weight excluding hydrogens is 398 g/mol. The van der Waals surface area contributed by atoms with Crippen LogP contribution in [-0.2, 0) is 17.6 Å². The molecule has 0 spiro atoms. The summed E-state index contributed by atoms with van der Waals surface area (Å²) in [5, 5.41) is 3.28. The number of nitrogens with one attached hydrogen (secondary N) is 1. The first-order valence-corrected chi connectivity index (χ1v) is 10.3. The van der Waals surface area contributed by atoms with Gasteiger partial charge in [0, 0.05) is 40.0 Å². The summed E-state index contributed by atoms with van der Waals surface area (Å²) in [6.07, 6.45) is 3.01. The number of aryl methyl sites for hydroxylation is 1. The molecule has 0 saturated carbocycles. The van der Waals surface area contributed by atoms with Gasteiger partial charge in [-0.2, -0.15) is 0 Å². The number of aromatic nitrogens is 1. The van der Waals surface area contributed by atoms with Crippen molar-refractivity contribution in [1.82, 2.24) is 4.98 Å². The lowest BCUT2D eigenvalue weighted by Gasteiger charge is -2.09. The number of ether oxygens (including phenoxy) is 1. The topological polar surface area (TPSA) is 63.6 Å². The van der Waals surface area contributed by atoms with Crippen LogP contribution in [0.15, 0.2) is 59.7 Å². The van der Waals surface area contributed by atoms with E-state index < -0.39 is 6.09 Å². The van der Waals surface area contributed by atoms with Gasteiger partial charge in [0.1, 0.15) is 0 Å². The van der Waals surface area contributed by atoms with Crippen LogP contribution in [0.2, 0.25) is 5.02 Å². The van der Waals surface area contributed by atoms with Crippen molar-refractivity contribution in [3.8, 4) is 11.1 Å². The minimum absolute atomic E-state index is 0.309. The van der Waals surface area contributed by atoms with Gasteiger partial charge >= 0.3 is 6.09 Å². The number of fused-ring (bicyclic) bond motifs is 1. The molecule has 0 unspecified atom stereocenters. The molecule has 5 nitrogen and oxygen atoms in total. The van der Waals surface area contributed by atoms with Crippen molar-refractivity contribution in [2.75, 3.05) is 11.9 Å². The van der Waals surface area contributed by atoms with Gasteiger partial charge in [0.2, 0.25) is 0 Å². The Morgan fingerprint density at radius 1 is 1.10 bits per heavy atom. The highest BCUT2D eigenvalue weighted by molar-refractivity contribution is 6.34. The SMILES string of the molecule is CCOC(=O)Nc1ccc(Cl)c(C2=Nc3ncc(-c4ccc(CC)cc4)cc3C2)c1. The second-order valence-electron chi connectivity index (χ2n) is 7.03. The highest BCUT2D eigenvalue weighted by Crippen LogP contribution is 2.33. The van der Waals surface area contributed by atoms with Crippen LogP contribution in [0.5, 0.6) is 0 Å². The Bertz CT molecular complexity index is 1120. The van der Waals surface area contributed by atoms with Crippen LogP contribution in [0, 0.1) is 0 Å². The number of amides is 1. The lowest BCUT2D eigenvalue weighted by atomic mass is 10.0. The van der Waals surface area contributed by atoms with Crippen molar-refractivity contribution in [3.05, 3.63) is 76.4 Å². The summed E-state index contributed by atoms with van der Waals surface area (Å²) in [6.45, 7) is 4.22. The molecule has 4 rings (SSSR count). The number of aliphatic imine (C=N–C) groups is 1. The first-order chi connectivity index (χ1) is 14.6. The fraction of sp³-hybridized carbons (Fsp3) is 0.208. The second-order valence-corrected chi connectivity index (χ2v) is 7.44. The smallest absolute Gasteiger partial charge is 0.411 e. The van der Waals surface area contributed by atoms with Gasteiger partial charge in [-0.25, -0.2) is 14.8 Å². The van der Waals surface area contributed by atoms with E-state index in [4.69, 9.17) is 16.3 Å². The Balaban J connectivity index is 1.57. The van der Waals surface area contributed by atoms with Crippen LogP contribution >= 0.6 is 11.6 Å². The Morgan fingerprint density at radius 2 is 1.90 bits per heavy atom. The number of nitrogens with zero attached hydrogens (tertiary/aromatic N) is 2. The van der Waals surface area contributed by atoms with E-state index in [1.54, 1.807) is 19.1 Å². The summed E-state index contributed by atoms with van der Waals surface area (Å²) in [4.78, 5) is 21.0. The molecule has 6 heteroatoms. The van der Waals surface area contributed by atoms with Crippen molar-refractivity contribution in [2.24, 2.45) is 4.99 Å². The molecule has 2 heterocycles. The highest BCUT2D eigenvalue weighted by Gasteiger charge is 2.20. The van der Waals surface area contributed by atoms with Crippen molar-refractivity contribution in [2.45, 2.75) is 26.7 Å². The number of hydrogen-bond donors (Lipinski definition) is 1. The Labute approximate surface area is 180 Å². The molecule has 1 aromatic heterocycles. The van der Waals surface area contributed by atoms with Gasteiger partial charge in [0.25, 0.3) is 0 Å². The predicted octanol–water partition coefficient (Wildman–Crippen LogP) is 6.21. The maximum Gasteiger partial charge on any atom is 0.411 e. The summed E-state index contributed by atoms with van der Waals surface area (Å²) in [5.74, 6) is 0.707. The quantitative estimate of drug-likeness (QED) is 0.534. The van der Waals surface area contributed by atoms with E-state index in [1.165, 1.54) is 5.56 Å². The van der Waals surface area contributed by atoms with E-state index in [9.17, 15) is 4.79 Å². The maximum absolute atomic E-state index is 11.7. The zero-order valence-corrected chi connectivity index (χ0v) is 17.7. The Kier molecular flexibility index (Phi) is 5.81. The molecule has 0 saturated heterocycles. The molecular formula is C24H22ClN3O2. The minimum atomic E-state index is -0.497. The number of hydrogen-bond acceptors (Lipinski definition) is 4. The van der Waals surface area contributed by atoms with E-state index in [0.29, 0.717) is 29.6 Å². The molecule has 0 aliphatic carbocycles. The molecule has 0 atom stereocenters. The predicted molar refractivity (Wildman–Crippen MR) is 121 cm³/mol. The average molecular weight is 420 g/mol. The summed E-state index contributed by atoms with van der Waals surface area (Å²) in [5.41, 5.74) is 6.78. The molecule has 1 aliphatic rings. The molecule has 1 aliphatic heterocycles. The number of carbonyl (C=O) groups is 1. The van der Waals surface area contributed by atoms with Crippen molar-refractivity contribution < 1.29 is 9.53 Å². The van der Waals surface area contributed by atoms with E-state index in [2.05, 4.69) is 52.5 Å². The second kappa shape index (κ2) is 8.67. The van der Waals surface area contributed by atoms with Crippen molar-refractivity contribution in [1.29, 1.82) is 0 Å². The first kappa shape index (κ1) is 20.1. The summed E-state index contributed by atoms with van der Waals surface area (Å²) >= 11 is 6.43. The van der Waals surface area contributed by atoms with Gasteiger partial charge in [-0.1, -0.05) is 42.8 Å². The standard InChI is InChI=1S/C24H22ClN3O2/c1-3-15-5-7-16(8-6-15)18-11-17-12-22(28-23(17)26-14-18)20-13-19(9-10-21(20)25)27-24(29)30-4-2/h5-11,13-14H,3-4,12H2,1-2H3,(H,27,29). The minimum Gasteiger partial charge on any atom is -0.450 e. The van der Waals surface area contributed by atoms with Gasteiger partial charge in [-0.15, -0.1) is 0 Å². The molecule has 1 N–H and O–H groups in total. The lowest BCUT2D eigenvalue weighted by molar-refractivity contribution is 0.168. The fourth-order valence-corrected chi connectivity index (χ4v) is 3.66. The number of anilines is 1. The Hall–Kier alpha value is -3.18. The Morgan fingerprint density at radius 3 is 2.63 bits per heavy atom. The molecule has 2 aromatic carbocycles. The highest BCUT2D eigenvalue weighted by atomic mass is 35.5. The first-order valence-electron chi connectivity index (χ1n) is 9.97. The third kappa shape index (κ3) is 4.21. The van der Waals surface area contributed by atoms with Crippen LogP contribution < -0.4 is 5.32 Å². The van der Waals surface area contributed by atoms with E-state index >= 15 is 0 Å². The van der Waals surface area contributed by atoms with E-state index in [-0.39, 0.29) is 0 Å². The van der Waals surface area contributed by atoms with Crippen molar-refractivity contribution in [3.63, 3.8) is 0 Å². The van der Waals surface area contributed by atoms with Crippen LogP contribution in [-0.4, -0.2) is 23.4 Å². The molecule has 0 fully saturated rings. The lowest BCUT2D eigenvalue weighted by Crippen LogP contribution is -2.14. The molecule has 152 valence electrons. The number of rotatable bonds is 5. The van der Waals surface area contributed by atoms with Crippen LogP contribution in [0.3, 0.4) is 0 Å². The molecule has 30 heavy (non-hydrogen) atoms. The van der Waals surface area contributed by atoms with E-state index in [1.807, 2.05) is 12.3 Å². The zero-order valence-electron chi connectivity index (χ0n) is 16.9. The van der Waals surface area contributed by atoms with Gasteiger partial charge in [-0.05, 0) is 48.7 Å². The van der Waals surface area contributed by atoms with E-state index in [0.717, 1.165) is 34.4 Å². The molecule has 0 radical (unpaired) electrons. The number of halogens is 1. The van der Waals surface area contributed by atoms with Gasteiger partial charge in [-0.3, -0.25) is 5.32 Å². The largest absolute Gasteiger partial charge is 0.450 e. The normalized spacial score (nSPS) is 12.3. The third-order valence-electron chi connectivity index (χ3n) is 5.04.